The van der Waals surface area contributed by atoms with Crippen LogP contribution in [0.1, 0.15) is 26.3 Å². The van der Waals surface area contributed by atoms with Crippen molar-refractivity contribution in [3.8, 4) is 0 Å². The molecule has 0 spiro atoms. The van der Waals surface area contributed by atoms with E-state index in [9.17, 15) is 0 Å². The number of benzene rings is 1. The van der Waals surface area contributed by atoms with Crippen LogP contribution in [0.2, 0.25) is 0 Å². The number of aliphatic imine (C=N–C) groups is 2. The van der Waals surface area contributed by atoms with Crippen LogP contribution in [0.3, 0.4) is 0 Å². The van der Waals surface area contributed by atoms with Crippen molar-refractivity contribution in [2.24, 2.45) is 21.1 Å². The van der Waals surface area contributed by atoms with Gasteiger partial charge in [0.25, 0.3) is 0 Å². The second kappa shape index (κ2) is 6.53. The fourth-order valence-corrected chi connectivity index (χ4v) is 1.36. The molecule has 0 aromatic heterocycles. The maximum atomic E-state index is 6.04. The first-order chi connectivity index (χ1) is 8.80. The molecule has 0 bridgehead atoms. The molecule has 0 aliphatic rings. The first kappa shape index (κ1) is 15.4. The maximum absolute atomic E-state index is 6.04. The van der Waals surface area contributed by atoms with E-state index in [-0.39, 0.29) is 12.0 Å². The highest BCUT2D eigenvalue weighted by molar-refractivity contribution is 6.66. The fraction of sp³-hybridized carbons (Fsp3) is 0.333. The smallest absolute Gasteiger partial charge is 0.128 e. The highest BCUT2D eigenvalue weighted by Crippen LogP contribution is 2.24. The standard InChI is InChI=1S/C15H20ClN3/c1-11(15(2,3)4)19-13(16)10-18-14(17)12-8-6-5-7-9-12/h5-9H,1,10H2,2-4H3,(H2,17,18). The van der Waals surface area contributed by atoms with Crippen molar-refractivity contribution in [1.29, 1.82) is 0 Å². The highest BCUT2D eigenvalue weighted by Gasteiger charge is 2.14. The zero-order chi connectivity index (χ0) is 14.5. The fourth-order valence-electron chi connectivity index (χ4n) is 1.20. The molecular formula is C15H20ClN3. The molecule has 0 saturated heterocycles. The molecule has 3 nitrogen and oxygen atoms in total. The van der Waals surface area contributed by atoms with E-state index < -0.39 is 0 Å². The van der Waals surface area contributed by atoms with E-state index in [2.05, 4.69) is 16.6 Å². The molecule has 1 rings (SSSR count). The number of hydrogen-bond donors (Lipinski definition) is 1. The van der Waals surface area contributed by atoms with Gasteiger partial charge in [0.1, 0.15) is 11.0 Å². The van der Waals surface area contributed by atoms with Crippen LogP contribution in [-0.2, 0) is 0 Å². The van der Waals surface area contributed by atoms with Gasteiger partial charge in [-0.25, -0.2) is 4.99 Å². The lowest BCUT2D eigenvalue weighted by Gasteiger charge is -2.17. The molecule has 4 heteroatoms. The molecule has 0 saturated carbocycles. The molecule has 0 amide bonds. The summed E-state index contributed by atoms with van der Waals surface area (Å²) in [6, 6.07) is 9.55. The molecule has 0 fully saturated rings. The zero-order valence-corrected chi connectivity index (χ0v) is 12.4. The maximum Gasteiger partial charge on any atom is 0.128 e. The molecule has 0 aliphatic heterocycles. The Bertz CT molecular complexity index is 496. The molecule has 19 heavy (non-hydrogen) atoms. The lowest BCUT2D eigenvalue weighted by Crippen LogP contribution is -2.15. The lowest BCUT2D eigenvalue weighted by molar-refractivity contribution is 0.501. The Morgan fingerprint density at radius 1 is 1.26 bits per heavy atom. The lowest BCUT2D eigenvalue weighted by atomic mass is 9.93. The monoisotopic (exact) mass is 277 g/mol. The van der Waals surface area contributed by atoms with E-state index in [1.807, 2.05) is 51.1 Å². The highest BCUT2D eigenvalue weighted by atomic mass is 35.5. The van der Waals surface area contributed by atoms with Crippen molar-refractivity contribution < 1.29 is 0 Å². The van der Waals surface area contributed by atoms with Gasteiger partial charge in [0.15, 0.2) is 0 Å². The average molecular weight is 278 g/mol. The van der Waals surface area contributed by atoms with Crippen molar-refractivity contribution >= 4 is 22.6 Å². The summed E-state index contributed by atoms with van der Waals surface area (Å²) in [7, 11) is 0. The van der Waals surface area contributed by atoms with E-state index in [1.165, 1.54) is 0 Å². The topological polar surface area (TPSA) is 50.7 Å². The third kappa shape index (κ3) is 5.26. The molecule has 0 atom stereocenters. The van der Waals surface area contributed by atoms with Crippen LogP contribution >= 0.6 is 11.6 Å². The molecule has 102 valence electrons. The molecular weight excluding hydrogens is 258 g/mol. The second-order valence-electron chi connectivity index (χ2n) is 5.25. The van der Waals surface area contributed by atoms with Crippen molar-refractivity contribution in [2.75, 3.05) is 6.54 Å². The van der Waals surface area contributed by atoms with Crippen LogP contribution in [0, 0.1) is 5.41 Å². The van der Waals surface area contributed by atoms with Crippen molar-refractivity contribution in [2.45, 2.75) is 20.8 Å². The summed E-state index contributed by atoms with van der Waals surface area (Å²) in [6.07, 6.45) is 0. The van der Waals surface area contributed by atoms with Gasteiger partial charge in [-0.15, -0.1) is 0 Å². The van der Waals surface area contributed by atoms with Crippen molar-refractivity contribution in [1.82, 2.24) is 0 Å². The zero-order valence-electron chi connectivity index (χ0n) is 11.7. The predicted octanol–water partition coefficient (Wildman–Crippen LogP) is 3.59. The van der Waals surface area contributed by atoms with Gasteiger partial charge in [-0.1, -0.05) is 69.3 Å². The van der Waals surface area contributed by atoms with Gasteiger partial charge in [-0.3, -0.25) is 4.99 Å². The van der Waals surface area contributed by atoms with Gasteiger partial charge < -0.3 is 5.73 Å². The van der Waals surface area contributed by atoms with Crippen molar-refractivity contribution in [3.63, 3.8) is 0 Å². The van der Waals surface area contributed by atoms with Gasteiger partial charge in [-0.2, -0.15) is 0 Å². The van der Waals surface area contributed by atoms with E-state index >= 15 is 0 Å². The summed E-state index contributed by atoms with van der Waals surface area (Å²) in [5.74, 6) is 0.454. The summed E-state index contributed by atoms with van der Waals surface area (Å²) in [5.41, 5.74) is 7.38. The minimum absolute atomic E-state index is 0.102. The van der Waals surface area contributed by atoms with Gasteiger partial charge in [0, 0.05) is 16.7 Å². The second-order valence-corrected chi connectivity index (χ2v) is 5.69. The van der Waals surface area contributed by atoms with Gasteiger partial charge in [0.05, 0.1) is 6.54 Å². The molecule has 1 aromatic rings. The predicted molar refractivity (Wildman–Crippen MR) is 83.9 cm³/mol. The quantitative estimate of drug-likeness (QED) is 0.664. The Balaban J connectivity index is 2.71. The summed E-state index contributed by atoms with van der Waals surface area (Å²) in [5, 5.41) is 0.388. The van der Waals surface area contributed by atoms with Crippen LogP contribution in [-0.4, -0.2) is 17.6 Å². The SMILES string of the molecule is C=C(N=C(Cl)CN=C(N)c1ccccc1)C(C)(C)C. The molecule has 2 N–H and O–H groups in total. The Morgan fingerprint density at radius 3 is 2.37 bits per heavy atom. The van der Waals surface area contributed by atoms with Crippen molar-refractivity contribution in [3.05, 3.63) is 48.2 Å². The Hall–Kier alpha value is -1.61. The third-order valence-electron chi connectivity index (χ3n) is 2.57. The number of hydrogen-bond acceptors (Lipinski definition) is 2. The van der Waals surface area contributed by atoms with Gasteiger partial charge in [0.2, 0.25) is 0 Å². The van der Waals surface area contributed by atoms with E-state index in [0.29, 0.717) is 11.0 Å². The summed E-state index contributed by atoms with van der Waals surface area (Å²) in [6.45, 7) is 10.3. The van der Waals surface area contributed by atoms with Crippen LogP contribution in [0.4, 0.5) is 0 Å². The average Bonchev–Trinajstić information content (AvgIpc) is 2.35. The van der Waals surface area contributed by atoms with E-state index in [4.69, 9.17) is 17.3 Å². The Labute approximate surface area is 119 Å². The first-order valence-corrected chi connectivity index (χ1v) is 6.46. The number of nitrogens with two attached hydrogens (primary N) is 1. The number of halogens is 1. The molecule has 0 radical (unpaired) electrons. The van der Waals surface area contributed by atoms with Gasteiger partial charge >= 0.3 is 0 Å². The summed E-state index contributed by atoms with van der Waals surface area (Å²) in [4.78, 5) is 8.46. The molecule has 0 heterocycles. The third-order valence-corrected chi connectivity index (χ3v) is 2.78. The number of nitrogens with zero attached hydrogens (tertiary/aromatic N) is 2. The minimum atomic E-state index is -0.102. The van der Waals surface area contributed by atoms with Crippen LogP contribution in [0.15, 0.2) is 52.6 Å². The largest absolute Gasteiger partial charge is 0.383 e. The van der Waals surface area contributed by atoms with Crippen LogP contribution in [0.5, 0.6) is 0 Å². The summed E-state index contributed by atoms with van der Waals surface area (Å²) >= 11 is 6.04. The summed E-state index contributed by atoms with van der Waals surface area (Å²) < 4.78 is 0. The number of rotatable bonds is 4. The normalized spacial score (nSPS) is 13.5. The van der Waals surface area contributed by atoms with E-state index in [1.54, 1.807) is 0 Å². The number of allylic oxidation sites excluding steroid dienone is 1. The Morgan fingerprint density at radius 2 is 1.84 bits per heavy atom. The molecule has 0 unspecified atom stereocenters. The first-order valence-electron chi connectivity index (χ1n) is 6.08. The van der Waals surface area contributed by atoms with Gasteiger partial charge in [-0.05, 0) is 0 Å². The van der Waals surface area contributed by atoms with Crippen LogP contribution in [0.25, 0.3) is 0 Å². The Kier molecular flexibility index (Phi) is 5.31. The van der Waals surface area contributed by atoms with Crippen LogP contribution < -0.4 is 5.73 Å². The molecule has 0 aliphatic carbocycles. The van der Waals surface area contributed by atoms with E-state index in [0.717, 1.165) is 11.3 Å². The molecule has 1 aromatic carbocycles. The minimum Gasteiger partial charge on any atom is -0.383 e. The number of amidine groups is 1.